The molecule has 9 heteroatoms. The zero-order valence-corrected chi connectivity index (χ0v) is 16.7. The molecule has 1 spiro atoms. The van der Waals surface area contributed by atoms with Gasteiger partial charge in [0.25, 0.3) is 0 Å². The van der Waals surface area contributed by atoms with E-state index < -0.39 is 14.6 Å². The number of aliphatic hydroxyl groups excluding tert-OH is 2. The first kappa shape index (κ1) is 23.0. The van der Waals surface area contributed by atoms with E-state index >= 15 is 0 Å². The van der Waals surface area contributed by atoms with E-state index in [0.717, 1.165) is 14.2 Å². The van der Waals surface area contributed by atoms with Crippen LogP contribution in [0.2, 0.25) is 0 Å². The zero-order chi connectivity index (χ0) is 19.3. The minimum atomic E-state index is -3.63. The van der Waals surface area contributed by atoms with E-state index in [0.29, 0.717) is 23.0 Å². The maximum atomic E-state index is 7.00. The van der Waals surface area contributed by atoms with Gasteiger partial charge < -0.3 is 20.4 Å². The summed E-state index contributed by atoms with van der Waals surface area (Å²) in [6.07, 6.45) is 0. The van der Waals surface area contributed by atoms with Crippen LogP contribution in [0, 0.1) is 0 Å². The second-order valence-electron chi connectivity index (χ2n) is 3.80. The maximum absolute atomic E-state index is 7.00. The Balaban J connectivity index is 0.000000642. The van der Waals surface area contributed by atoms with E-state index in [1.165, 1.54) is 14.2 Å². The molecule has 0 saturated carbocycles. The van der Waals surface area contributed by atoms with E-state index in [-0.39, 0.29) is 0 Å². The Morgan fingerprint density at radius 3 is 0.960 bits per heavy atom. The van der Waals surface area contributed by atoms with Crippen LogP contribution in [0.1, 0.15) is 0 Å². The van der Waals surface area contributed by atoms with Gasteiger partial charge in [0, 0.05) is 14.2 Å². The van der Waals surface area contributed by atoms with Crippen LogP contribution in [0.5, 0.6) is 23.0 Å². The van der Waals surface area contributed by atoms with Crippen LogP contribution in [0.4, 0.5) is 0 Å². The SMILES string of the molecule is CO.CO.C[OH2+].C[OH2+].c1ccc2c(c1)[O][Ge]1([O]2)[O]c2ccccc2[O]1. The van der Waals surface area contributed by atoms with Crippen molar-refractivity contribution in [2.75, 3.05) is 28.4 Å². The van der Waals surface area contributed by atoms with Crippen LogP contribution in [0.3, 0.4) is 0 Å². The molecule has 6 N–H and O–H groups in total. The number of hydrogen-bond acceptors (Lipinski definition) is 6. The second-order valence-corrected chi connectivity index (χ2v) is 7.61. The normalized spacial score (nSPS) is 12.8. The van der Waals surface area contributed by atoms with Gasteiger partial charge in [0.15, 0.2) is 0 Å². The molecule has 0 saturated heterocycles. The Morgan fingerprint density at radius 2 is 0.760 bits per heavy atom. The molecule has 0 atom stereocenters. The van der Waals surface area contributed by atoms with Crippen molar-refractivity contribution in [2.45, 2.75) is 0 Å². The molecular formula is C16H26GeO8+2. The van der Waals surface area contributed by atoms with Crippen LogP contribution in [-0.2, 0) is 0 Å². The Bertz CT molecular complexity index is 501. The zero-order valence-electron chi connectivity index (χ0n) is 14.6. The standard InChI is InChI=1S/C12H8GeO4.4CH4O/c1-2-6-10-9(5-1)14-13(15-10)16-11-7-3-4-8-12(11)17-13;4*1-2/h1-8H;4*2H,1H3/p+2. The minimum absolute atomic E-state index is 0.695. The molecule has 0 aromatic heterocycles. The van der Waals surface area contributed by atoms with Crippen LogP contribution >= 0.6 is 0 Å². The molecular weight excluding hydrogens is 393 g/mol. The van der Waals surface area contributed by atoms with Crippen molar-refractivity contribution in [3.05, 3.63) is 48.5 Å². The molecule has 140 valence electrons. The fourth-order valence-electron chi connectivity index (χ4n) is 1.90. The number of fused-ring (bicyclic) bond motifs is 2. The summed E-state index contributed by atoms with van der Waals surface area (Å²) in [5, 5.41) is 25.5. The summed E-state index contributed by atoms with van der Waals surface area (Å²) in [5.41, 5.74) is 0. The molecule has 2 aliphatic rings. The molecule has 2 aromatic carbocycles. The molecule has 2 heterocycles. The number of aliphatic hydroxyl groups is 2. The monoisotopic (exact) mass is 420 g/mol. The van der Waals surface area contributed by atoms with Crippen molar-refractivity contribution < 1.29 is 35.5 Å². The summed E-state index contributed by atoms with van der Waals surface area (Å²) in [5.74, 6) is 2.78. The first-order chi connectivity index (χ1) is 12.3. The summed E-state index contributed by atoms with van der Waals surface area (Å²) in [7, 11) is 4.50. The summed E-state index contributed by atoms with van der Waals surface area (Å²) < 4.78 is 23.0. The summed E-state index contributed by atoms with van der Waals surface area (Å²) in [4.78, 5) is 0. The number of para-hydroxylation sites is 4. The van der Waals surface area contributed by atoms with Crippen molar-refractivity contribution in [1.82, 2.24) is 0 Å². The topological polar surface area (TPSA) is 123 Å². The Labute approximate surface area is 150 Å². The van der Waals surface area contributed by atoms with Gasteiger partial charge in [0.05, 0.1) is 0 Å². The quantitative estimate of drug-likeness (QED) is 0.467. The molecule has 0 bridgehead atoms. The van der Waals surface area contributed by atoms with Gasteiger partial charge in [0.1, 0.15) is 14.2 Å². The van der Waals surface area contributed by atoms with Crippen LogP contribution in [-0.4, -0.2) is 63.5 Å². The van der Waals surface area contributed by atoms with Crippen molar-refractivity contribution in [3.8, 4) is 23.0 Å². The fraction of sp³-hybridized carbons (Fsp3) is 0.250. The van der Waals surface area contributed by atoms with E-state index in [4.69, 9.17) is 35.5 Å². The summed E-state index contributed by atoms with van der Waals surface area (Å²) in [6.45, 7) is 0. The third-order valence-electron chi connectivity index (χ3n) is 2.64. The predicted molar refractivity (Wildman–Crippen MR) is 96.5 cm³/mol. The third kappa shape index (κ3) is 5.51. The van der Waals surface area contributed by atoms with Gasteiger partial charge >= 0.3 is 101 Å². The van der Waals surface area contributed by atoms with Crippen molar-refractivity contribution in [1.29, 1.82) is 0 Å². The van der Waals surface area contributed by atoms with Crippen LogP contribution in [0.15, 0.2) is 48.5 Å². The van der Waals surface area contributed by atoms with Gasteiger partial charge in [-0.25, -0.2) is 0 Å². The van der Waals surface area contributed by atoms with E-state index in [2.05, 4.69) is 0 Å². The average molecular weight is 419 g/mol. The molecule has 0 fully saturated rings. The predicted octanol–water partition coefficient (Wildman–Crippen LogP) is 0.263. The second kappa shape index (κ2) is 12.4. The van der Waals surface area contributed by atoms with E-state index in [9.17, 15) is 0 Å². The molecule has 8 nitrogen and oxygen atoms in total. The van der Waals surface area contributed by atoms with Gasteiger partial charge in [0.2, 0.25) is 0 Å². The summed E-state index contributed by atoms with van der Waals surface area (Å²) in [6, 6.07) is 15.0. The molecule has 2 aliphatic heterocycles. The van der Waals surface area contributed by atoms with Gasteiger partial charge in [-0.15, -0.1) is 0 Å². The van der Waals surface area contributed by atoms with Gasteiger partial charge in [-0.05, 0) is 0 Å². The van der Waals surface area contributed by atoms with Gasteiger partial charge in [-0.2, -0.15) is 0 Å². The van der Waals surface area contributed by atoms with Crippen molar-refractivity contribution >= 4 is 14.6 Å². The Morgan fingerprint density at radius 1 is 0.560 bits per heavy atom. The molecule has 0 aliphatic carbocycles. The fourth-order valence-corrected chi connectivity index (χ4v) is 6.10. The van der Waals surface area contributed by atoms with Crippen molar-refractivity contribution in [3.63, 3.8) is 0 Å². The number of rotatable bonds is 0. The number of hydrogen-bond donors (Lipinski definition) is 2. The Hall–Kier alpha value is -1.98. The average Bonchev–Trinajstić information content (AvgIpc) is 3.26. The summed E-state index contributed by atoms with van der Waals surface area (Å²) >= 11 is -3.63. The molecule has 25 heavy (non-hydrogen) atoms. The van der Waals surface area contributed by atoms with Crippen LogP contribution in [0.25, 0.3) is 0 Å². The Kier molecular flexibility index (Phi) is 11.4. The molecule has 0 amide bonds. The molecule has 4 rings (SSSR count). The van der Waals surface area contributed by atoms with Crippen LogP contribution < -0.4 is 15.1 Å². The molecule has 0 unspecified atom stereocenters. The third-order valence-corrected chi connectivity index (χ3v) is 6.58. The first-order valence-corrected chi connectivity index (χ1v) is 10.6. The van der Waals surface area contributed by atoms with E-state index in [1.54, 1.807) is 0 Å². The van der Waals surface area contributed by atoms with E-state index in [1.807, 2.05) is 48.5 Å². The number of benzene rings is 2. The van der Waals surface area contributed by atoms with Gasteiger partial charge in [-0.1, -0.05) is 0 Å². The first-order valence-electron chi connectivity index (χ1n) is 7.18. The molecule has 2 aromatic rings. The van der Waals surface area contributed by atoms with Crippen molar-refractivity contribution in [2.24, 2.45) is 0 Å². The van der Waals surface area contributed by atoms with Gasteiger partial charge in [-0.3, -0.25) is 0 Å². The molecule has 0 radical (unpaired) electrons.